The van der Waals surface area contributed by atoms with Gasteiger partial charge in [-0.1, -0.05) is 0 Å². The summed E-state index contributed by atoms with van der Waals surface area (Å²) in [6.07, 6.45) is 0.616. The van der Waals surface area contributed by atoms with Gasteiger partial charge in [-0.25, -0.2) is 0 Å². The molecule has 1 aliphatic heterocycles. The van der Waals surface area contributed by atoms with Gasteiger partial charge in [0.2, 0.25) is 5.91 Å². The summed E-state index contributed by atoms with van der Waals surface area (Å²) in [5.74, 6) is 0.176. The molecule has 1 saturated heterocycles. The summed E-state index contributed by atoms with van der Waals surface area (Å²) in [7, 11) is 0. The molecule has 0 bridgehead atoms. The molecule has 0 spiro atoms. The molecule has 1 N–H and O–H groups in total. The van der Waals surface area contributed by atoms with E-state index in [0.717, 1.165) is 28.4 Å². The van der Waals surface area contributed by atoms with Crippen LogP contribution in [0.4, 0.5) is 0 Å². The summed E-state index contributed by atoms with van der Waals surface area (Å²) in [4.78, 5) is 28.7. The molecule has 2 heterocycles. The maximum Gasteiger partial charge on any atom is 0.223 e. The number of nitrogens with zero attached hydrogens (tertiary/aromatic N) is 1. The van der Waals surface area contributed by atoms with Crippen molar-refractivity contribution in [3.63, 3.8) is 0 Å². The van der Waals surface area contributed by atoms with Crippen LogP contribution in [0.3, 0.4) is 0 Å². The molecule has 4 nitrogen and oxygen atoms in total. The van der Waals surface area contributed by atoms with Crippen LogP contribution >= 0.6 is 23.7 Å². The van der Waals surface area contributed by atoms with Gasteiger partial charge >= 0.3 is 0 Å². The van der Waals surface area contributed by atoms with Crippen molar-refractivity contribution < 1.29 is 9.59 Å². The molecule has 1 aromatic rings. The second-order valence-corrected chi connectivity index (χ2v) is 7.28. The Balaban J connectivity index is 0.00000242. The van der Waals surface area contributed by atoms with Gasteiger partial charge in [0.15, 0.2) is 5.78 Å². The standard InChI is InChI=1S/C16H24N2O2S.ClH/c1-10-9-14(13(4)21-10)15(19)5-6-16(20)18-8-7-17-11(2)12(18)3;/h9,11-12,17H,5-8H2,1-4H3;1H. The number of piperazine rings is 1. The molecule has 1 aromatic heterocycles. The van der Waals surface area contributed by atoms with Crippen LogP contribution in [0.5, 0.6) is 0 Å². The first-order valence-electron chi connectivity index (χ1n) is 7.53. The minimum atomic E-state index is 0. The van der Waals surface area contributed by atoms with Crippen LogP contribution in [0, 0.1) is 13.8 Å². The van der Waals surface area contributed by atoms with Crippen molar-refractivity contribution in [3.8, 4) is 0 Å². The molecule has 124 valence electrons. The molecule has 2 rings (SSSR count). The molecule has 1 aliphatic rings. The van der Waals surface area contributed by atoms with Crippen LogP contribution in [0.15, 0.2) is 6.07 Å². The average molecular weight is 345 g/mol. The third-order valence-electron chi connectivity index (χ3n) is 4.26. The third kappa shape index (κ3) is 4.31. The van der Waals surface area contributed by atoms with E-state index in [1.54, 1.807) is 11.3 Å². The third-order valence-corrected chi connectivity index (χ3v) is 5.23. The zero-order valence-corrected chi connectivity index (χ0v) is 15.3. The lowest BCUT2D eigenvalue weighted by atomic mass is 10.0. The Bertz CT molecular complexity index is 544. The van der Waals surface area contributed by atoms with E-state index in [1.807, 2.05) is 24.8 Å². The predicted octanol–water partition coefficient (Wildman–Crippen LogP) is 2.96. The highest BCUT2D eigenvalue weighted by Crippen LogP contribution is 2.22. The van der Waals surface area contributed by atoms with E-state index in [1.165, 1.54) is 0 Å². The van der Waals surface area contributed by atoms with Crippen LogP contribution in [0.25, 0.3) is 0 Å². The number of amides is 1. The van der Waals surface area contributed by atoms with Gasteiger partial charge in [-0.15, -0.1) is 23.7 Å². The van der Waals surface area contributed by atoms with Gasteiger partial charge in [0.1, 0.15) is 0 Å². The van der Waals surface area contributed by atoms with E-state index < -0.39 is 0 Å². The molecule has 0 aliphatic carbocycles. The summed E-state index contributed by atoms with van der Waals surface area (Å²) in [5, 5.41) is 3.36. The fraction of sp³-hybridized carbons (Fsp3) is 0.625. The van der Waals surface area contributed by atoms with Crippen molar-refractivity contribution >= 4 is 35.4 Å². The minimum Gasteiger partial charge on any atom is -0.337 e. The lowest BCUT2D eigenvalue weighted by molar-refractivity contribution is -0.134. The molecular weight excluding hydrogens is 320 g/mol. The van der Waals surface area contributed by atoms with Gasteiger partial charge in [0.05, 0.1) is 0 Å². The summed E-state index contributed by atoms with van der Waals surface area (Å²) < 4.78 is 0. The number of carbonyl (C=O) groups excluding carboxylic acids is 2. The maximum atomic E-state index is 12.3. The van der Waals surface area contributed by atoms with Gasteiger partial charge in [-0.05, 0) is 33.8 Å². The number of Topliss-reactive ketones (excluding diaryl/α,β-unsaturated/α-hetero) is 1. The number of hydrogen-bond acceptors (Lipinski definition) is 4. The first-order chi connectivity index (χ1) is 9.90. The lowest BCUT2D eigenvalue weighted by Crippen LogP contribution is -2.57. The molecule has 0 radical (unpaired) electrons. The normalized spacial score (nSPS) is 21.4. The van der Waals surface area contributed by atoms with Crippen molar-refractivity contribution in [2.45, 2.75) is 52.6 Å². The largest absolute Gasteiger partial charge is 0.337 e. The Morgan fingerprint density at radius 3 is 2.59 bits per heavy atom. The number of halogens is 1. The highest BCUT2D eigenvalue weighted by atomic mass is 35.5. The summed E-state index contributed by atoms with van der Waals surface area (Å²) in [6, 6.07) is 2.43. The average Bonchev–Trinajstić information content (AvgIpc) is 2.78. The molecule has 0 saturated carbocycles. The fourth-order valence-electron chi connectivity index (χ4n) is 2.81. The SMILES string of the molecule is Cc1cc(C(=O)CCC(=O)N2CCNC(C)C2C)c(C)s1.Cl. The second kappa shape index (κ2) is 8.09. The van der Waals surface area contributed by atoms with Gasteiger partial charge in [-0.2, -0.15) is 0 Å². The molecule has 2 unspecified atom stereocenters. The van der Waals surface area contributed by atoms with Crippen molar-refractivity contribution in [1.82, 2.24) is 10.2 Å². The van der Waals surface area contributed by atoms with Crippen LogP contribution in [-0.2, 0) is 4.79 Å². The first kappa shape index (κ1) is 19.1. The summed E-state index contributed by atoms with van der Waals surface area (Å²) in [5.41, 5.74) is 0.784. The minimum absolute atomic E-state index is 0. The monoisotopic (exact) mass is 344 g/mol. The summed E-state index contributed by atoms with van der Waals surface area (Å²) >= 11 is 1.64. The van der Waals surface area contributed by atoms with E-state index in [0.29, 0.717) is 18.9 Å². The molecule has 2 atom stereocenters. The van der Waals surface area contributed by atoms with Gasteiger partial charge in [0, 0.05) is 53.3 Å². The first-order valence-corrected chi connectivity index (χ1v) is 8.35. The van der Waals surface area contributed by atoms with Crippen LogP contribution in [0.1, 0.15) is 46.8 Å². The van der Waals surface area contributed by atoms with Crippen molar-refractivity contribution in [3.05, 3.63) is 21.4 Å². The molecule has 22 heavy (non-hydrogen) atoms. The zero-order valence-electron chi connectivity index (χ0n) is 13.6. The van der Waals surface area contributed by atoms with Crippen LogP contribution < -0.4 is 5.32 Å². The number of nitrogens with one attached hydrogen (secondary N) is 1. The highest BCUT2D eigenvalue weighted by molar-refractivity contribution is 7.12. The molecule has 6 heteroatoms. The zero-order chi connectivity index (χ0) is 15.6. The van der Waals surface area contributed by atoms with E-state index in [9.17, 15) is 9.59 Å². The Morgan fingerprint density at radius 2 is 2.00 bits per heavy atom. The van der Waals surface area contributed by atoms with Crippen molar-refractivity contribution in [2.75, 3.05) is 13.1 Å². The molecule has 1 fully saturated rings. The summed E-state index contributed by atoms with van der Waals surface area (Å²) in [6.45, 7) is 9.68. The van der Waals surface area contributed by atoms with Crippen LogP contribution in [0.2, 0.25) is 0 Å². The molecular formula is C16H25ClN2O2S. The fourth-order valence-corrected chi connectivity index (χ4v) is 3.76. The Labute approximate surface area is 142 Å². The smallest absolute Gasteiger partial charge is 0.223 e. The lowest BCUT2D eigenvalue weighted by Gasteiger charge is -2.38. The quantitative estimate of drug-likeness (QED) is 0.854. The highest BCUT2D eigenvalue weighted by Gasteiger charge is 2.28. The number of carbonyl (C=O) groups is 2. The van der Waals surface area contributed by atoms with Gasteiger partial charge < -0.3 is 10.2 Å². The maximum absolute atomic E-state index is 12.3. The van der Waals surface area contributed by atoms with Gasteiger partial charge in [-0.3, -0.25) is 9.59 Å². The topological polar surface area (TPSA) is 49.4 Å². The Hall–Kier alpha value is -0.910. The Morgan fingerprint density at radius 1 is 1.32 bits per heavy atom. The van der Waals surface area contributed by atoms with E-state index in [-0.39, 0.29) is 30.1 Å². The van der Waals surface area contributed by atoms with E-state index in [2.05, 4.69) is 19.2 Å². The number of aryl methyl sites for hydroxylation is 2. The van der Waals surface area contributed by atoms with Gasteiger partial charge in [0.25, 0.3) is 0 Å². The second-order valence-electron chi connectivity index (χ2n) is 5.82. The van der Waals surface area contributed by atoms with E-state index in [4.69, 9.17) is 0 Å². The Kier molecular flexibility index (Phi) is 7.03. The number of hydrogen-bond donors (Lipinski definition) is 1. The number of thiophene rings is 1. The number of rotatable bonds is 4. The van der Waals surface area contributed by atoms with Crippen molar-refractivity contribution in [2.24, 2.45) is 0 Å². The van der Waals surface area contributed by atoms with E-state index >= 15 is 0 Å². The molecule has 0 aromatic carbocycles. The number of ketones is 1. The predicted molar refractivity (Wildman–Crippen MR) is 93.2 cm³/mol. The molecule has 1 amide bonds. The van der Waals surface area contributed by atoms with Crippen molar-refractivity contribution in [1.29, 1.82) is 0 Å². The van der Waals surface area contributed by atoms with Crippen LogP contribution in [-0.4, -0.2) is 41.8 Å².